The quantitative estimate of drug-likeness (QED) is 0.669. The minimum atomic E-state index is -0.733. The number of hydrogen-bond acceptors (Lipinski definition) is 5. The highest BCUT2D eigenvalue weighted by molar-refractivity contribution is 5.79. The van der Waals surface area contributed by atoms with Gasteiger partial charge in [-0.3, -0.25) is 9.69 Å². The Hall–Kier alpha value is -1.63. The number of carbonyl (C=O) groups is 1. The van der Waals surface area contributed by atoms with E-state index in [1.54, 1.807) is 18.9 Å². The van der Waals surface area contributed by atoms with Gasteiger partial charge in [-0.2, -0.15) is 0 Å². The predicted molar refractivity (Wildman–Crippen MR) is 94.3 cm³/mol. The van der Waals surface area contributed by atoms with E-state index < -0.39 is 18.1 Å². The van der Waals surface area contributed by atoms with Crippen LogP contribution in [0.2, 0.25) is 0 Å². The average Bonchev–Trinajstić information content (AvgIpc) is 2.54. The summed E-state index contributed by atoms with van der Waals surface area (Å²) in [5.74, 6) is 0.380. The second-order valence-electron chi connectivity index (χ2n) is 6.18. The highest BCUT2D eigenvalue weighted by Gasteiger charge is 2.22. The van der Waals surface area contributed by atoms with E-state index in [-0.39, 0.29) is 13.2 Å². The fraction of sp³-hybridized carbons (Fsp3) is 0.611. The van der Waals surface area contributed by atoms with Crippen molar-refractivity contribution in [3.05, 3.63) is 28.8 Å². The molecule has 0 radical (unpaired) electrons. The molecule has 3 N–H and O–H groups in total. The fourth-order valence-electron chi connectivity index (χ4n) is 2.48. The lowest BCUT2D eigenvalue weighted by Gasteiger charge is -2.29. The average molecular weight is 338 g/mol. The second-order valence-corrected chi connectivity index (χ2v) is 6.18. The molecule has 0 spiro atoms. The van der Waals surface area contributed by atoms with Crippen LogP contribution in [0.25, 0.3) is 0 Å². The first kappa shape index (κ1) is 20.4. The van der Waals surface area contributed by atoms with Crippen LogP contribution < -0.4 is 10.5 Å². The third-order valence-electron chi connectivity index (χ3n) is 4.28. The number of primary amides is 1. The molecular weight excluding hydrogens is 308 g/mol. The zero-order chi connectivity index (χ0) is 18.3. The number of nitrogens with two attached hydrogens (primary N) is 1. The molecular formula is C18H30N2O4. The molecule has 0 fully saturated rings. The van der Waals surface area contributed by atoms with Crippen molar-refractivity contribution in [3.63, 3.8) is 0 Å². The van der Waals surface area contributed by atoms with Gasteiger partial charge in [0.25, 0.3) is 0 Å². The van der Waals surface area contributed by atoms with Gasteiger partial charge in [-0.25, -0.2) is 0 Å². The van der Waals surface area contributed by atoms with Crippen LogP contribution in [0.1, 0.15) is 23.6 Å². The van der Waals surface area contributed by atoms with Crippen molar-refractivity contribution in [1.29, 1.82) is 0 Å². The van der Waals surface area contributed by atoms with Crippen molar-refractivity contribution in [2.24, 2.45) is 5.73 Å². The summed E-state index contributed by atoms with van der Waals surface area (Å²) in [5, 5.41) is 10.3. The zero-order valence-electron chi connectivity index (χ0n) is 15.3. The number of amides is 1. The van der Waals surface area contributed by atoms with Gasteiger partial charge in [-0.05, 0) is 44.4 Å². The summed E-state index contributed by atoms with van der Waals surface area (Å²) in [6.45, 7) is 9.15. The van der Waals surface area contributed by atoms with E-state index in [4.69, 9.17) is 15.2 Å². The van der Waals surface area contributed by atoms with E-state index in [2.05, 4.69) is 6.07 Å². The Balaban J connectivity index is 2.67. The maximum absolute atomic E-state index is 11.4. The second kappa shape index (κ2) is 9.61. The molecule has 2 unspecified atom stereocenters. The van der Waals surface area contributed by atoms with Crippen molar-refractivity contribution >= 4 is 5.91 Å². The van der Waals surface area contributed by atoms with Crippen LogP contribution in [-0.2, 0) is 9.53 Å². The molecule has 2 atom stereocenters. The summed E-state index contributed by atoms with van der Waals surface area (Å²) in [4.78, 5) is 13.2. The Morgan fingerprint density at radius 3 is 2.50 bits per heavy atom. The smallest absolute Gasteiger partial charge is 0.234 e. The molecule has 1 rings (SSSR count). The molecule has 0 aliphatic rings. The molecule has 136 valence electrons. The fourth-order valence-corrected chi connectivity index (χ4v) is 2.48. The minimum Gasteiger partial charge on any atom is -0.490 e. The van der Waals surface area contributed by atoms with Crippen molar-refractivity contribution in [2.45, 2.75) is 39.8 Å². The van der Waals surface area contributed by atoms with Crippen molar-refractivity contribution in [1.82, 2.24) is 4.90 Å². The van der Waals surface area contributed by atoms with Gasteiger partial charge in [0.2, 0.25) is 5.91 Å². The summed E-state index contributed by atoms with van der Waals surface area (Å²) in [7, 11) is 1.59. The first-order valence-corrected chi connectivity index (χ1v) is 8.17. The van der Waals surface area contributed by atoms with E-state index in [0.717, 1.165) is 22.4 Å². The third-order valence-corrected chi connectivity index (χ3v) is 4.28. The Kier molecular flexibility index (Phi) is 8.18. The normalized spacial score (nSPS) is 13.8. The number of benzene rings is 1. The zero-order valence-corrected chi connectivity index (χ0v) is 15.3. The van der Waals surface area contributed by atoms with Crippen LogP contribution in [0.4, 0.5) is 0 Å². The molecule has 6 heteroatoms. The standard InChI is InChI=1S/C18H30N2O4/c1-12-6-7-13(2)17(14(12)3)24-11-16(21)10-20(8-9-23-5)15(4)18(19)22/h6-7,15-16,21H,8-11H2,1-5H3,(H2,19,22). The molecule has 6 nitrogen and oxygen atoms in total. The van der Waals surface area contributed by atoms with E-state index >= 15 is 0 Å². The van der Waals surface area contributed by atoms with Gasteiger partial charge >= 0.3 is 0 Å². The van der Waals surface area contributed by atoms with E-state index in [0.29, 0.717) is 13.2 Å². The van der Waals surface area contributed by atoms with Gasteiger partial charge in [0.1, 0.15) is 18.5 Å². The predicted octanol–water partition coefficient (Wildman–Crippen LogP) is 1.17. The first-order valence-electron chi connectivity index (χ1n) is 8.17. The van der Waals surface area contributed by atoms with E-state index in [1.807, 2.05) is 26.8 Å². The molecule has 0 saturated carbocycles. The molecule has 0 bridgehead atoms. The monoisotopic (exact) mass is 338 g/mol. The molecule has 1 aromatic rings. The van der Waals surface area contributed by atoms with Crippen LogP contribution in [0.5, 0.6) is 5.75 Å². The summed E-state index contributed by atoms with van der Waals surface area (Å²) in [6.07, 6.45) is -0.733. The maximum atomic E-state index is 11.4. The van der Waals surface area contributed by atoms with Crippen molar-refractivity contribution in [2.75, 3.05) is 33.4 Å². The Morgan fingerprint density at radius 1 is 1.29 bits per heavy atom. The number of aryl methyl sites for hydroxylation is 2. The number of methoxy groups -OCH3 is 1. The third kappa shape index (κ3) is 5.78. The van der Waals surface area contributed by atoms with Crippen LogP contribution >= 0.6 is 0 Å². The summed E-state index contributed by atoms with van der Waals surface area (Å²) < 4.78 is 10.9. The molecule has 0 heterocycles. The van der Waals surface area contributed by atoms with E-state index in [1.165, 1.54) is 0 Å². The van der Waals surface area contributed by atoms with Crippen LogP contribution in [0.15, 0.2) is 12.1 Å². The largest absolute Gasteiger partial charge is 0.490 e. The van der Waals surface area contributed by atoms with Gasteiger partial charge in [-0.1, -0.05) is 12.1 Å². The van der Waals surface area contributed by atoms with Gasteiger partial charge in [0.05, 0.1) is 12.6 Å². The number of nitrogens with zero attached hydrogens (tertiary/aromatic N) is 1. The van der Waals surface area contributed by atoms with Crippen LogP contribution in [0, 0.1) is 20.8 Å². The SMILES string of the molecule is COCCN(CC(O)COc1c(C)ccc(C)c1C)C(C)C(N)=O. The molecule has 1 aromatic carbocycles. The topological polar surface area (TPSA) is 85.0 Å². The number of carbonyl (C=O) groups excluding carboxylic acids is 1. The van der Waals surface area contributed by atoms with Crippen LogP contribution in [0.3, 0.4) is 0 Å². The molecule has 0 aliphatic carbocycles. The highest BCUT2D eigenvalue weighted by Crippen LogP contribution is 2.25. The molecule has 0 saturated heterocycles. The molecule has 0 aliphatic heterocycles. The number of aliphatic hydroxyl groups is 1. The van der Waals surface area contributed by atoms with Gasteiger partial charge < -0.3 is 20.3 Å². The lowest BCUT2D eigenvalue weighted by molar-refractivity contribution is -0.123. The summed E-state index contributed by atoms with van der Waals surface area (Å²) in [5.41, 5.74) is 8.63. The number of aliphatic hydroxyl groups excluding tert-OH is 1. The Morgan fingerprint density at radius 2 is 1.92 bits per heavy atom. The number of ether oxygens (including phenoxy) is 2. The van der Waals surface area contributed by atoms with Gasteiger partial charge in [0.15, 0.2) is 0 Å². The van der Waals surface area contributed by atoms with Gasteiger partial charge in [-0.15, -0.1) is 0 Å². The highest BCUT2D eigenvalue weighted by atomic mass is 16.5. The number of hydrogen-bond donors (Lipinski definition) is 2. The molecule has 0 aromatic heterocycles. The van der Waals surface area contributed by atoms with Crippen LogP contribution in [-0.4, -0.2) is 61.5 Å². The first-order chi connectivity index (χ1) is 11.3. The van der Waals surface area contributed by atoms with E-state index in [9.17, 15) is 9.90 Å². The minimum absolute atomic E-state index is 0.153. The lowest BCUT2D eigenvalue weighted by Crippen LogP contribution is -2.48. The van der Waals surface area contributed by atoms with Crippen molar-refractivity contribution < 1.29 is 19.4 Å². The lowest BCUT2D eigenvalue weighted by atomic mass is 10.1. The maximum Gasteiger partial charge on any atom is 0.234 e. The van der Waals surface area contributed by atoms with Gasteiger partial charge in [0, 0.05) is 20.2 Å². The van der Waals surface area contributed by atoms with Crippen molar-refractivity contribution in [3.8, 4) is 5.75 Å². The Bertz CT molecular complexity index is 548. The molecule has 24 heavy (non-hydrogen) atoms. The Labute approximate surface area is 144 Å². The summed E-state index contributed by atoms with van der Waals surface area (Å²) >= 11 is 0. The molecule has 1 amide bonds. The number of rotatable bonds is 10. The summed E-state index contributed by atoms with van der Waals surface area (Å²) in [6, 6.07) is 3.58.